The summed E-state index contributed by atoms with van der Waals surface area (Å²) in [6.07, 6.45) is 1.02. The molecule has 0 bridgehead atoms. The summed E-state index contributed by atoms with van der Waals surface area (Å²) in [5, 5.41) is 13.5. The number of hydrogen-bond donors (Lipinski definition) is 1. The fourth-order valence-electron chi connectivity index (χ4n) is 2.77. The number of sulfonamides is 1. The molecule has 156 valence electrons. The van der Waals surface area contributed by atoms with E-state index in [0.717, 1.165) is 28.8 Å². The maximum absolute atomic E-state index is 13.2. The average Bonchev–Trinajstić information content (AvgIpc) is 2.65. The molecule has 2 aromatic rings. The van der Waals surface area contributed by atoms with Crippen molar-refractivity contribution in [1.29, 1.82) is 0 Å². The number of nitro groups is 1. The van der Waals surface area contributed by atoms with Crippen LogP contribution in [0.15, 0.2) is 42.5 Å². The molecule has 1 atom stereocenters. The largest absolute Gasteiger partial charge is 0.495 e. The number of amides is 1. The topological polar surface area (TPSA) is 119 Å². The van der Waals surface area contributed by atoms with Crippen LogP contribution in [-0.4, -0.2) is 38.7 Å². The lowest BCUT2D eigenvalue weighted by molar-refractivity contribution is -0.384. The predicted molar refractivity (Wildman–Crippen MR) is 106 cm³/mol. The quantitative estimate of drug-likeness (QED) is 0.513. The summed E-state index contributed by atoms with van der Waals surface area (Å²) in [4.78, 5) is 23.3. The molecule has 1 amide bonds. The molecule has 2 aromatic carbocycles. The van der Waals surface area contributed by atoms with Gasteiger partial charge in [0.15, 0.2) is 0 Å². The van der Waals surface area contributed by atoms with Gasteiger partial charge in [0.2, 0.25) is 15.9 Å². The van der Waals surface area contributed by atoms with E-state index >= 15 is 0 Å². The molecule has 9 nitrogen and oxygen atoms in total. The number of ether oxygens (including phenoxy) is 1. The number of rotatable bonds is 8. The van der Waals surface area contributed by atoms with Crippen LogP contribution in [-0.2, 0) is 14.8 Å². The summed E-state index contributed by atoms with van der Waals surface area (Å²) in [6.45, 7) is 1.61. The van der Waals surface area contributed by atoms with E-state index in [0.29, 0.717) is 0 Å². The normalized spacial score (nSPS) is 12.1. The van der Waals surface area contributed by atoms with E-state index < -0.39 is 32.7 Å². The summed E-state index contributed by atoms with van der Waals surface area (Å²) in [5.41, 5.74) is -0.132. The van der Waals surface area contributed by atoms with Crippen LogP contribution in [0, 0.1) is 15.9 Å². The average molecular weight is 425 g/mol. The second-order valence-corrected chi connectivity index (χ2v) is 7.95. The minimum absolute atomic E-state index is 0.0257. The van der Waals surface area contributed by atoms with Crippen molar-refractivity contribution >= 4 is 33.0 Å². The Labute approximate surface area is 167 Å². The monoisotopic (exact) mass is 425 g/mol. The fourth-order valence-corrected chi connectivity index (χ4v) is 3.98. The van der Waals surface area contributed by atoms with Crippen LogP contribution in [0.4, 0.5) is 21.5 Å². The highest BCUT2D eigenvalue weighted by Gasteiger charge is 2.32. The molecule has 0 radical (unpaired) electrons. The molecule has 2 rings (SSSR count). The predicted octanol–water partition coefficient (Wildman–Crippen LogP) is 2.93. The Morgan fingerprint density at radius 3 is 2.38 bits per heavy atom. The van der Waals surface area contributed by atoms with Crippen molar-refractivity contribution < 1.29 is 27.3 Å². The molecular weight excluding hydrogens is 405 g/mol. The molecule has 0 spiro atoms. The zero-order valence-corrected chi connectivity index (χ0v) is 16.8. The first kappa shape index (κ1) is 22.1. The second-order valence-electron chi connectivity index (χ2n) is 6.09. The molecule has 0 saturated carbocycles. The lowest BCUT2D eigenvalue weighted by Crippen LogP contribution is -2.47. The molecule has 0 aliphatic carbocycles. The van der Waals surface area contributed by atoms with E-state index in [1.54, 1.807) is 6.92 Å². The number of nitrogens with one attached hydrogen (secondary N) is 1. The van der Waals surface area contributed by atoms with E-state index in [1.807, 2.05) is 0 Å². The van der Waals surface area contributed by atoms with Gasteiger partial charge in [0.05, 0.1) is 29.7 Å². The molecular formula is C18H20FN3O6S. The lowest BCUT2D eigenvalue weighted by atomic mass is 10.1. The zero-order valence-electron chi connectivity index (χ0n) is 16.0. The Hall–Kier alpha value is -3.21. The second kappa shape index (κ2) is 8.86. The minimum atomic E-state index is -3.91. The van der Waals surface area contributed by atoms with Crippen LogP contribution < -0.4 is 14.4 Å². The molecule has 1 N–H and O–H groups in total. The lowest BCUT2D eigenvalue weighted by Gasteiger charge is -2.30. The smallest absolute Gasteiger partial charge is 0.271 e. The number of carbonyl (C=O) groups is 1. The van der Waals surface area contributed by atoms with Crippen molar-refractivity contribution in [3.63, 3.8) is 0 Å². The Kier molecular flexibility index (Phi) is 6.75. The van der Waals surface area contributed by atoms with Crippen LogP contribution in [0.1, 0.15) is 13.3 Å². The highest BCUT2D eigenvalue weighted by atomic mass is 32.2. The van der Waals surface area contributed by atoms with E-state index in [2.05, 4.69) is 5.32 Å². The summed E-state index contributed by atoms with van der Waals surface area (Å²) in [6, 6.07) is 7.14. The SMILES string of the molecule is CCC(C(=O)Nc1cc([N+](=O)[O-])ccc1OC)N(c1ccc(F)cc1)S(C)(=O)=O. The Morgan fingerprint density at radius 2 is 1.90 bits per heavy atom. The van der Waals surface area contributed by atoms with Crippen LogP contribution in [0.25, 0.3) is 0 Å². The molecule has 0 aliphatic rings. The zero-order chi connectivity index (χ0) is 21.8. The molecule has 0 heterocycles. The van der Waals surface area contributed by atoms with Gasteiger partial charge in [-0.05, 0) is 36.8 Å². The van der Waals surface area contributed by atoms with Crippen molar-refractivity contribution in [3.05, 3.63) is 58.4 Å². The van der Waals surface area contributed by atoms with Gasteiger partial charge in [-0.3, -0.25) is 19.2 Å². The van der Waals surface area contributed by atoms with Crippen LogP contribution in [0.2, 0.25) is 0 Å². The fraction of sp³-hybridized carbons (Fsp3) is 0.278. The number of non-ortho nitro benzene ring substituents is 1. The first-order chi connectivity index (χ1) is 13.6. The van der Waals surface area contributed by atoms with Crippen molar-refractivity contribution in [1.82, 2.24) is 0 Å². The number of anilines is 2. The van der Waals surface area contributed by atoms with Crippen LogP contribution in [0.3, 0.4) is 0 Å². The maximum atomic E-state index is 13.2. The standard InChI is InChI=1S/C18H20FN3O6S/c1-4-16(21(29(3,26)27)13-7-5-12(19)6-8-13)18(23)20-15-11-14(22(24)25)9-10-17(15)28-2/h5-11,16H,4H2,1-3H3,(H,20,23). The number of nitrogens with zero attached hydrogens (tertiary/aromatic N) is 2. The molecule has 29 heavy (non-hydrogen) atoms. The first-order valence-electron chi connectivity index (χ1n) is 8.46. The highest BCUT2D eigenvalue weighted by molar-refractivity contribution is 7.92. The van der Waals surface area contributed by atoms with Gasteiger partial charge in [-0.25, -0.2) is 12.8 Å². The Bertz CT molecular complexity index is 1010. The van der Waals surface area contributed by atoms with Crippen LogP contribution >= 0.6 is 0 Å². The number of nitro benzene ring substituents is 1. The summed E-state index contributed by atoms with van der Waals surface area (Å²) in [7, 11) is -2.58. The summed E-state index contributed by atoms with van der Waals surface area (Å²) >= 11 is 0. The molecule has 0 saturated heterocycles. The van der Waals surface area contributed by atoms with E-state index in [4.69, 9.17) is 4.74 Å². The molecule has 11 heteroatoms. The van der Waals surface area contributed by atoms with Crippen molar-refractivity contribution in [3.8, 4) is 5.75 Å². The van der Waals surface area contributed by atoms with Crippen molar-refractivity contribution in [2.45, 2.75) is 19.4 Å². The Morgan fingerprint density at radius 1 is 1.28 bits per heavy atom. The number of carbonyl (C=O) groups excluding carboxylic acids is 1. The number of benzene rings is 2. The summed E-state index contributed by atoms with van der Waals surface area (Å²) in [5.74, 6) is -1.10. The third-order valence-corrected chi connectivity index (χ3v) is 5.24. The van der Waals surface area contributed by atoms with Gasteiger partial charge in [0.25, 0.3) is 5.69 Å². The number of methoxy groups -OCH3 is 1. The first-order valence-corrected chi connectivity index (χ1v) is 10.3. The molecule has 0 aromatic heterocycles. The molecule has 0 fully saturated rings. The maximum Gasteiger partial charge on any atom is 0.271 e. The van der Waals surface area contributed by atoms with Gasteiger partial charge in [0.1, 0.15) is 17.6 Å². The van der Waals surface area contributed by atoms with Crippen molar-refractivity contribution in [2.24, 2.45) is 0 Å². The van der Waals surface area contributed by atoms with Gasteiger partial charge in [-0.1, -0.05) is 6.92 Å². The third-order valence-electron chi connectivity index (χ3n) is 4.06. The van der Waals surface area contributed by atoms with Gasteiger partial charge >= 0.3 is 0 Å². The minimum Gasteiger partial charge on any atom is -0.495 e. The van der Waals surface area contributed by atoms with Gasteiger partial charge in [0, 0.05) is 12.1 Å². The van der Waals surface area contributed by atoms with E-state index in [9.17, 15) is 27.7 Å². The van der Waals surface area contributed by atoms with Gasteiger partial charge < -0.3 is 10.1 Å². The van der Waals surface area contributed by atoms with E-state index in [1.165, 1.54) is 31.4 Å². The van der Waals surface area contributed by atoms with Crippen molar-refractivity contribution in [2.75, 3.05) is 23.0 Å². The summed E-state index contributed by atoms with van der Waals surface area (Å²) < 4.78 is 44.0. The Balaban J connectivity index is 2.44. The molecule has 1 unspecified atom stereocenters. The molecule has 0 aliphatic heterocycles. The van der Waals surface area contributed by atoms with E-state index in [-0.39, 0.29) is 29.2 Å². The number of hydrogen-bond acceptors (Lipinski definition) is 6. The van der Waals surface area contributed by atoms with Gasteiger partial charge in [-0.2, -0.15) is 0 Å². The van der Waals surface area contributed by atoms with Crippen LogP contribution in [0.5, 0.6) is 5.75 Å². The third kappa shape index (κ3) is 5.19. The number of halogens is 1. The highest BCUT2D eigenvalue weighted by Crippen LogP contribution is 2.30. The van der Waals surface area contributed by atoms with Gasteiger partial charge in [-0.15, -0.1) is 0 Å².